The number of nitrogens with zero attached hydrogens (tertiary/aromatic N) is 1. The Morgan fingerprint density at radius 3 is 2.52 bits per heavy atom. The summed E-state index contributed by atoms with van der Waals surface area (Å²) in [6.45, 7) is 0. The third-order valence-corrected chi connectivity index (χ3v) is 4.17. The highest BCUT2D eigenvalue weighted by molar-refractivity contribution is 7.92. The van der Waals surface area contributed by atoms with Crippen LogP contribution in [0.25, 0.3) is 0 Å². The van der Waals surface area contributed by atoms with Crippen LogP contribution >= 0.6 is 0 Å². The lowest BCUT2D eigenvalue weighted by Gasteiger charge is -2.05. The van der Waals surface area contributed by atoms with E-state index in [2.05, 4.69) is 15.5 Å². The zero-order valence-corrected chi connectivity index (χ0v) is 11.4. The fourth-order valence-electron chi connectivity index (χ4n) is 1.62. The molecule has 0 bridgehead atoms. The molecule has 0 aliphatic rings. The average molecular weight is 309 g/mol. The molecule has 9 heteroatoms. The van der Waals surface area contributed by atoms with Crippen molar-refractivity contribution in [1.29, 1.82) is 0 Å². The number of nitrogens with one attached hydrogen (secondary N) is 2. The third-order valence-electron chi connectivity index (χ3n) is 2.54. The van der Waals surface area contributed by atoms with Gasteiger partial charge in [-0.3, -0.25) is 9.89 Å². The van der Waals surface area contributed by atoms with Crippen molar-refractivity contribution < 1.29 is 23.1 Å². The summed E-state index contributed by atoms with van der Waals surface area (Å²) in [5.74, 6) is -2.97. The molecule has 1 amide bonds. The first-order valence-corrected chi connectivity index (χ1v) is 7.40. The number of sulfone groups is 1. The number of H-pyrrole nitrogens is 1. The quantitative estimate of drug-likeness (QED) is 0.738. The number of carboxylic acid groups (broad SMARTS) is 1. The fraction of sp³-hybridized carbons (Fsp3) is 0.0833. The van der Waals surface area contributed by atoms with Gasteiger partial charge in [-0.15, -0.1) is 0 Å². The van der Waals surface area contributed by atoms with Crippen LogP contribution in [0.15, 0.2) is 41.4 Å². The molecule has 0 saturated heterocycles. The van der Waals surface area contributed by atoms with Gasteiger partial charge in [0.05, 0.1) is 10.6 Å². The number of aromatic carboxylic acids is 1. The van der Waals surface area contributed by atoms with Gasteiger partial charge in [-0.05, 0) is 12.1 Å². The van der Waals surface area contributed by atoms with Crippen LogP contribution in [0.2, 0.25) is 0 Å². The summed E-state index contributed by atoms with van der Waals surface area (Å²) in [4.78, 5) is 22.6. The van der Waals surface area contributed by atoms with Crippen LogP contribution in [-0.4, -0.2) is 41.4 Å². The van der Waals surface area contributed by atoms with Crippen molar-refractivity contribution in [2.75, 3.05) is 11.1 Å². The number of benzene rings is 1. The van der Waals surface area contributed by atoms with Gasteiger partial charge < -0.3 is 10.4 Å². The van der Waals surface area contributed by atoms with Crippen molar-refractivity contribution in [3.63, 3.8) is 0 Å². The highest BCUT2D eigenvalue weighted by atomic mass is 32.2. The molecule has 0 spiro atoms. The van der Waals surface area contributed by atoms with Crippen LogP contribution in [0, 0.1) is 0 Å². The molecule has 8 nitrogen and oxygen atoms in total. The number of carbonyl (C=O) groups excluding carboxylic acids is 1. The first-order valence-electron chi connectivity index (χ1n) is 5.75. The molecular formula is C12H11N3O5S. The molecule has 0 aliphatic carbocycles. The molecule has 1 aromatic heterocycles. The molecular weight excluding hydrogens is 298 g/mol. The van der Waals surface area contributed by atoms with E-state index >= 15 is 0 Å². The Morgan fingerprint density at radius 1 is 1.24 bits per heavy atom. The number of hydrogen-bond acceptors (Lipinski definition) is 5. The second kappa shape index (κ2) is 5.75. The van der Waals surface area contributed by atoms with Crippen LogP contribution in [0.3, 0.4) is 0 Å². The summed E-state index contributed by atoms with van der Waals surface area (Å²) in [6, 6.07) is 7.50. The third kappa shape index (κ3) is 3.45. The van der Waals surface area contributed by atoms with Crippen LogP contribution < -0.4 is 5.32 Å². The Kier molecular flexibility index (Phi) is 4.03. The van der Waals surface area contributed by atoms with E-state index in [0.717, 1.165) is 6.20 Å². The largest absolute Gasteiger partial charge is 0.476 e. The van der Waals surface area contributed by atoms with Gasteiger partial charge in [-0.2, -0.15) is 5.10 Å². The highest BCUT2D eigenvalue weighted by Crippen LogP contribution is 2.13. The second-order valence-corrected chi connectivity index (χ2v) is 6.06. The molecule has 1 heterocycles. The first kappa shape index (κ1) is 14.7. The van der Waals surface area contributed by atoms with Gasteiger partial charge in [-0.1, -0.05) is 18.2 Å². The predicted molar refractivity (Wildman–Crippen MR) is 72.7 cm³/mol. The van der Waals surface area contributed by atoms with Gasteiger partial charge in [0.1, 0.15) is 5.75 Å². The SMILES string of the molecule is O=C(CS(=O)(=O)c1ccccc1)Nc1c[nH]nc1C(=O)O. The highest BCUT2D eigenvalue weighted by Gasteiger charge is 2.21. The maximum Gasteiger partial charge on any atom is 0.358 e. The number of aromatic amines is 1. The number of rotatable bonds is 5. The minimum atomic E-state index is -3.79. The molecule has 0 radical (unpaired) electrons. The molecule has 0 saturated carbocycles. The number of hydrogen-bond donors (Lipinski definition) is 3. The van der Waals surface area contributed by atoms with Crippen molar-refractivity contribution in [3.8, 4) is 0 Å². The number of aromatic nitrogens is 2. The average Bonchev–Trinajstić information content (AvgIpc) is 2.87. The normalized spacial score (nSPS) is 11.0. The number of amides is 1. The summed E-state index contributed by atoms with van der Waals surface area (Å²) in [7, 11) is -3.79. The molecule has 3 N–H and O–H groups in total. The van der Waals surface area contributed by atoms with Crippen molar-refractivity contribution in [2.45, 2.75) is 4.90 Å². The van der Waals surface area contributed by atoms with Crippen LogP contribution in [-0.2, 0) is 14.6 Å². The molecule has 110 valence electrons. The van der Waals surface area contributed by atoms with Crippen molar-refractivity contribution in [1.82, 2.24) is 10.2 Å². The Hall–Kier alpha value is -2.68. The minimum absolute atomic E-state index is 0.0193. The van der Waals surface area contributed by atoms with E-state index < -0.39 is 27.5 Å². The zero-order valence-electron chi connectivity index (χ0n) is 10.6. The Bertz CT molecular complexity index is 767. The van der Waals surface area contributed by atoms with Crippen molar-refractivity contribution >= 4 is 27.4 Å². The topological polar surface area (TPSA) is 129 Å². The van der Waals surface area contributed by atoms with Gasteiger partial charge in [0.25, 0.3) is 0 Å². The van der Waals surface area contributed by atoms with Crippen molar-refractivity contribution in [3.05, 3.63) is 42.2 Å². The van der Waals surface area contributed by atoms with Crippen LogP contribution in [0.1, 0.15) is 10.5 Å². The first-order chi connectivity index (χ1) is 9.90. The van der Waals surface area contributed by atoms with E-state index in [1.807, 2.05) is 0 Å². The van der Waals surface area contributed by atoms with Crippen molar-refractivity contribution in [2.24, 2.45) is 0 Å². The maximum atomic E-state index is 12.0. The molecule has 1 aromatic carbocycles. The molecule has 0 fully saturated rings. The molecule has 0 aliphatic heterocycles. The van der Waals surface area contributed by atoms with Crippen LogP contribution in [0.4, 0.5) is 5.69 Å². The van der Waals surface area contributed by atoms with E-state index in [-0.39, 0.29) is 16.3 Å². The predicted octanol–water partition coefficient (Wildman–Crippen LogP) is 0.520. The number of carbonyl (C=O) groups is 2. The van der Waals surface area contributed by atoms with Crippen LogP contribution in [0.5, 0.6) is 0 Å². The Morgan fingerprint density at radius 2 is 1.90 bits per heavy atom. The molecule has 0 unspecified atom stereocenters. The lowest BCUT2D eigenvalue weighted by Crippen LogP contribution is -2.23. The standard InChI is InChI=1S/C12H11N3O5S/c16-10(14-9-6-13-15-11(9)12(17)18)7-21(19,20)8-4-2-1-3-5-8/h1-6H,7H2,(H,13,15)(H,14,16)(H,17,18). The zero-order chi connectivity index (χ0) is 15.5. The lowest BCUT2D eigenvalue weighted by molar-refractivity contribution is -0.113. The second-order valence-electron chi connectivity index (χ2n) is 4.07. The van der Waals surface area contributed by atoms with Gasteiger partial charge in [-0.25, -0.2) is 13.2 Å². The van der Waals surface area contributed by atoms with E-state index in [9.17, 15) is 18.0 Å². The van der Waals surface area contributed by atoms with Gasteiger partial charge in [0.15, 0.2) is 15.5 Å². The monoisotopic (exact) mass is 309 g/mol. The Labute approximate surface area is 119 Å². The molecule has 0 atom stereocenters. The molecule has 2 aromatic rings. The minimum Gasteiger partial charge on any atom is -0.476 e. The summed E-state index contributed by atoms with van der Waals surface area (Å²) >= 11 is 0. The smallest absolute Gasteiger partial charge is 0.358 e. The summed E-state index contributed by atoms with van der Waals surface area (Å²) in [5.41, 5.74) is -0.476. The summed E-state index contributed by atoms with van der Waals surface area (Å²) < 4.78 is 24.0. The van der Waals surface area contributed by atoms with Gasteiger partial charge in [0, 0.05) is 6.20 Å². The number of carboxylic acids is 1. The summed E-state index contributed by atoms with van der Waals surface area (Å²) in [5, 5.41) is 16.8. The molecule has 2 rings (SSSR count). The van der Waals surface area contributed by atoms with Gasteiger partial charge >= 0.3 is 5.97 Å². The fourth-order valence-corrected chi connectivity index (χ4v) is 2.77. The van der Waals surface area contributed by atoms with E-state index in [1.54, 1.807) is 18.2 Å². The maximum absolute atomic E-state index is 12.0. The Balaban J connectivity index is 2.12. The van der Waals surface area contributed by atoms with E-state index in [0.29, 0.717) is 0 Å². The summed E-state index contributed by atoms with van der Waals surface area (Å²) in [6.07, 6.45) is 1.16. The van der Waals surface area contributed by atoms with E-state index in [1.165, 1.54) is 12.1 Å². The molecule has 21 heavy (non-hydrogen) atoms. The van der Waals surface area contributed by atoms with Gasteiger partial charge in [0.2, 0.25) is 5.91 Å². The lowest BCUT2D eigenvalue weighted by atomic mass is 10.3. The number of anilines is 1. The van der Waals surface area contributed by atoms with E-state index in [4.69, 9.17) is 5.11 Å².